The Morgan fingerprint density at radius 2 is 1.75 bits per heavy atom. The van der Waals surface area contributed by atoms with Gasteiger partial charge in [0.15, 0.2) is 0 Å². The number of halogens is 3. The minimum absolute atomic E-state index is 0.103. The van der Waals surface area contributed by atoms with E-state index in [9.17, 15) is 18.0 Å². The van der Waals surface area contributed by atoms with Crippen LogP contribution >= 0.6 is 0 Å². The van der Waals surface area contributed by atoms with Gasteiger partial charge in [-0.15, -0.1) is 0 Å². The lowest BCUT2D eigenvalue weighted by molar-refractivity contribution is -0.202. The molecule has 2 fully saturated rings. The van der Waals surface area contributed by atoms with E-state index in [1.807, 2.05) is 18.7 Å². The van der Waals surface area contributed by atoms with Crippen LogP contribution in [0.25, 0.3) is 0 Å². The number of carbonyl (C=O) groups excluding carboxylic acids is 1. The average molecular weight is 349 g/mol. The highest BCUT2D eigenvalue weighted by Crippen LogP contribution is 2.31. The Balaban J connectivity index is 2.06. The molecule has 0 aliphatic carbocycles. The van der Waals surface area contributed by atoms with E-state index in [4.69, 9.17) is 0 Å². The van der Waals surface area contributed by atoms with Crippen LogP contribution in [0.15, 0.2) is 0 Å². The maximum Gasteiger partial charge on any atom is 0.410 e. The van der Waals surface area contributed by atoms with Gasteiger partial charge in [0, 0.05) is 38.8 Å². The largest absolute Gasteiger partial charge is 0.410 e. The second-order valence-corrected chi connectivity index (χ2v) is 7.82. The Labute approximate surface area is 143 Å². The zero-order valence-corrected chi connectivity index (χ0v) is 15.1. The minimum atomic E-state index is -4.37. The van der Waals surface area contributed by atoms with E-state index >= 15 is 0 Å². The predicted molar refractivity (Wildman–Crippen MR) is 87.7 cm³/mol. The van der Waals surface area contributed by atoms with Crippen LogP contribution in [-0.2, 0) is 4.79 Å². The fourth-order valence-corrected chi connectivity index (χ4v) is 3.76. The number of alkyl halides is 3. The Morgan fingerprint density at radius 1 is 1.08 bits per heavy atom. The van der Waals surface area contributed by atoms with Crippen LogP contribution in [0.3, 0.4) is 0 Å². The first-order valence-corrected chi connectivity index (χ1v) is 8.93. The van der Waals surface area contributed by atoms with Crippen molar-refractivity contribution in [2.45, 2.75) is 52.4 Å². The van der Waals surface area contributed by atoms with E-state index in [1.165, 1.54) is 0 Å². The SMILES string of the molecule is CC(C)CN1CCN(C(=O)[C@@H]2CCN(C(C)C)C2)[C@H](C(F)(F)F)C1. The van der Waals surface area contributed by atoms with Gasteiger partial charge in [-0.25, -0.2) is 0 Å². The number of nitrogens with zero attached hydrogens (tertiary/aromatic N) is 3. The Kier molecular flexibility index (Phi) is 6.18. The van der Waals surface area contributed by atoms with E-state index in [0.717, 1.165) is 11.4 Å². The molecular weight excluding hydrogens is 319 g/mol. The first kappa shape index (κ1) is 19.5. The summed E-state index contributed by atoms with van der Waals surface area (Å²) in [7, 11) is 0. The van der Waals surface area contributed by atoms with E-state index in [0.29, 0.717) is 38.0 Å². The molecule has 2 atom stereocenters. The summed E-state index contributed by atoms with van der Waals surface area (Å²) in [6, 6.07) is -1.35. The Morgan fingerprint density at radius 3 is 2.25 bits per heavy atom. The van der Waals surface area contributed by atoms with Crippen molar-refractivity contribution in [1.82, 2.24) is 14.7 Å². The molecule has 0 N–H and O–H groups in total. The van der Waals surface area contributed by atoms with Crippen molar-refractivity contribution < 1.29 is 18.0 Å². The number of hydrogen-bond donors (Lipinski definition) is 0. The van der Waals surface area contributed by atoms with Crippen molar-refractivity contribution in [2.24, 2.45) is 11.8 Å². The molecular formula is C17H30F3N3O. The van der Waals surface area contributed by atoms with Gasteiger partial charge in [-0.05, 0) is 32.7 Å². The maximum absolute atomic E-state index is 13.5. The third-order valence-electron chi connectivity index (χ3n) is 5.05. The van der Waals surface area contributed by atoms with E-state index in [2.05, 4.69) is 18.7 Å². The summed E-state index contributed by atoms with van der Waals surface area (Å²) >= 11 is 0. The van der Waals surface area contributed by atoms with Gasteiger partial charge in [-0.2, -0.15) is 13.2 Å². The summed E-state index contributed by atoms with van der Waals surface area (Å²) in [6.07, 6.45) is -3.71. The molecule has 4 nitrogen and oxygen atoms in total. The highest BCUT2D eigenvalue weighted by atomic mass is 19.4. The molecule has 2 rings (SSSR count). The van der Waals surface area contributed by atoms with Gasteiger partial charge in [0.1, 0.15) is 6.04 Å². The topological polar surface area (TPSA) is 26.8 Å². The molecule has 0 aromatic carbocycles. The molecule has 0 spiro atoms. The van der Waals surface area contributed by atoms with Crippen LogP contribution in [0, 0.1) is 11.8 Å². The average Bonchev–Trinajstić information content (AvgIpc) is 2.95. The third-order valence-corrected chi connectivity index (χ3v) is 5.05. The molecule has 1 amide bonds. The van der Waals surface area contributed by atoms with Crippen LogP contribution in [0.4, 0.5) is 13.2 Å². The van der Waals surface area contributed by atoms with Crippen LogP contribution in [0.1, 0.15) is 34.1 Å². The lowest BCUT2D eigenvalue weighted by atomic mass is 10.0. The van der Waals surface area contributed by atoms with Crippen molar-refractivity contribution >= 4 is 5.91 Å². The molecule has 0 aromatic heterocycles. The first-order valence-electron chi connectivity index (χ1n) is 8.93. The molecule has 0 saturated carbocycles. The smallest absolute Gasteiger partial charge is 0.328 e. The zero-order valence-electron chi connectivity index (χ0n) is 15.1. The second kappa shape index (κ2) is 7.60. The second-order valence-electron chi connectivity index (χ2n) is 7.82. The van der Waals surface area contributed by atoms with Gasteiger partial charge in [-0.1, -0.05) is 13.8 Å². The normalized spacial score (nSPS) is 27.5. The van der Waals surface area contributed by atoms with Crippen molar-refractivity contribution in [3.8, 4) is 0 Å². The first-order chi connectivity index (χ1) is 11.1. The summed E-state index contributed by atoms with van der Waals surface area (Å²) in [6.45, 7) is 10.7. The van der Waals surface area contributed by atoms with Crippen molar-refractivity contribution in [1.29, 1.82) is 0 Å². The molecule has 24 heavy (non-hydrogen) atoms. The molecule has 2 saturated heterocycles. The number of carbonyl (C=O) groups is 1. The minimum Gasteiger partial charge on any atom is -0.328 e. The number of likely N-dealkylation sites (tertiary alicyclic amines) is 1. The lowest BCUT2D eigenvalue weighted by Gasteiger charge is -2.43. The molecule has 0 aromatic rings. The molecule has 2 heterocycles. The molecule has 0 bridgehead atoms. The van der Waals surface area contributed by atoms with Crippen molar-refractivity contribution in [3.05, 3.63) is 0 Å². The summed E-state index contributed by atoms with van der Waals surface area (Å²) in [5, 5.41) is 0. The fraction of sp³-hybridized carbons (Fsp3) is 0.941. The standard InChI is InChI=1S/C17H30F3N3O/c1-12(2)9-21-7-8-23(15(11-21)17(18,19)20)16(24)14-5-6-22(10-14)13(3)4/h12-15H,5-11H2,1-4H3/t14-,15+/m1/s1. The Hall–Kier alpha value is -0.820. The Bertz CT molecular complexity index is 439. The van der Waals surface area contributed by atoms with Crippen LogP contribution in [-0.4, -0.2) is 78.1 Å². The molecule has 0 unspecified atom stereocenters. The zero-order chi connectivity index (χ0) is 18.1. The summed E-state index contributed by atoms with van der Waals surface area (Å²) in [4.78, 5) is 17.8. The third kappa shape index (κ3) is 4.63. The number of amides is 1. The fourth-order valence-electron chi connectivity index (χ4n) is 3.76. The van der Waals surface area contributed by atoms with Gasteiger partial charge < -0.3 is 9.80 Å². The van der Waals surface area contributed by atoms with Gasteiger partial charge in [0.25, 0.3) is 0 Å². The van der Waals surface area contributed by atoms with Gasteiger partial charge in [0.05, 0.1) is 5.92 Å². The van der Waals surface area contributed by atoms with Gasteiger partial charge in [0.2, 0.25) is 5.91 Å². The highest BCUT2D eigenvalue weighted by molar-refractivity contribution is 5.80. The highest BCUT2D eigenvalue weighted by Gasteiger charge is 2.49. The molecule has 0 radical (unpaired) electrons. The molecule has 7 heteroatoms. The van der Waals surface area contributed by atoms with Crippen molar-refractivity contribution in [3.63, 3.8) is 0 Å². The van der Waals surface area contributed by atoms with Crippen molar-refractivity contribution in [2.75, 3.05) is 39.3 Å². The molecule has 2 aliphatic heterocycles. The summed E-state index contributed by atoms with van der Waals surface area (Å²) < 4.78 is 40.6. The number of rotatable bonds is 4. The molecule has 2 aliphatic rings. The monoisotopic (exact) mass is 349 g/mol. The maximum atomic E-state index is 13.5. The summed E-state index contributed by atoms with van der Waals surface area (Å²) in [5.74, 6) is -0.297. The van der Waals surface area contributed by atoms with Crippen LogP contribution in [0.2, 0.25) is 0 Å². The number of piperazine rings is 1. The quantitative estimate of drug-likeness (QED) is 0.780. The van der Waals surface area contributed by atoms with Gasteiger partial charge >= 0.3 is 6.18 Å². The van der Waals surface area contributed by atoms with E-state index < -0.39 is 12.2 Å². The van der Waals surface area contributed by atoms with E-state index in [1.54, 1.807) is 0 Å². The van der Waals surface area contributed by atoms with E-state index in [-0.39, 0.29) is 24.9 Å². The lowest BCUT2D eigenvalue weighted by Crippen LogP contribution is -2.62. The van der Waals surface area contributed by atoms with Gasteiger partial charge in [-0.3, -0.25) is 9.69 Å². The van der Waals surface area contributed by atoms with Crippen LogP contribution in [0.5, 0.6) is 0 Å². The molecule has 140 valence electrons. The number of hydrogen-bond acceptors (Lipinski definition) is 3. The van der Waals surface area contributed by atoms with Crippen LogP contribution < -0.4 is 0 Å². The summed E-state index contributed by atoms with van der Waals surface area (Å²) in [5.41, 5.74) is 0. The predicted octanol–water partition coefficient (Wildman–Crippen LogP) is 2.45.